The molecule has 23 heavy (non-hydrogen) atoms. The lowest BCUT2D eigenvalue weighted by Gasteiger charge is -2.17. The van der Waals surface area contributed by atoms with E-state index in [1.54, 1.807) is 0 Å². The van der Waals surface area contributed by atoms with Crippen LogP contribution in [0.2, 0.25) is 0 Å². The van der Waals surface area contributed by atoms with Crippen molar-refractivity contribution in [2.75, 3.05) is 14.2 Å². The van der Waals surface area contributed by atoms with E-state index in [1.807, 2.05) is 0 Å². The highest BCUT2D eigenvalue weighted by Crippen LogP contribution is 2.38. The lowest BCUT2D eigenvalue weighted by Crippen LogP contribution is -2.18. The van der Waals surface area contributed by atoms with Crippen LogP contribution in [0.25, 0.3) is 11.1 Å². The quantitative estimate of drug-likeness (QED) is 0.810. The average Bonchev–Trinajstić information content (AvgIpc) is 2.52. The van der Waals surface area contributed by atoms with Gasteiger partial charge in [0.25, 0.3) is 0 Å². The van der Waals surface area contributed by atoms with Crippen LogP contribution < -0.4 is 4.74 Å². The molecule has 0 fully saturated rings. The summed E-state index contributed by atoms with van der Waals surface area (Å²) in [5.74, 6) is -0.893. The van der Waals surface area contributed by atoms with Crippen LogP contribution in [0.1, 0.15) is 21.7 Å². The molecule has 0 aliphatic heterocycles. The van der Waals surface area contributed by atoms with Crippen molar-refractivity contribution in [2.45, 2.75) is 13.1 Å². The van der Waals surface area contributed by atoms with Crippen molar-refractivity contribution in [2.24, 2.45) is 0 Å². The SMILES string of the molecule is COC(=O)c1c(-c2ccncc2OC)cc(C)nc1C(F)(F)F. The first kappa shape index (κ1) is 16.7. The summed E-state index contributed by atoms with van der Waals surface area (Å²) in [6.45, 7) is 1.41. The molecule has 0 atom stereocenters. The van der Waals surface area contributed by atoms with Crippen molar-refractivity contribution in [3.8, 4) is 16.9 Å². The smallest absolute Gasteiger partial charge is 0.434 e. The Morgan fingerprint density at radius 3 is 2.48 bits per heavy atom. The number of ether oxygens (including phenoxy) is 2. The number of hydrogen-bond acceptors (Lipinski definition) is 5. The van der Waals surface area contributed by atoms with E-state index in [0.717, 1.165) is 7.11 Å². The van der Waals surface area contributed by atoms with Crippen LogP contribution in [-0.4, -0.2) is 30.2 Å². The number of hydrogen-bond donors (Lipinski definition) is 0. The van der Waals surface area contributed by atoms with Crippen molar-refractivity contribution in [1.82, 2.24) is 9.97 Å². The van der Waals surface area contributed by atoms with E-state index in [4.69, 9.17) is 4.74 Å². The van der Waals surface area contributed by atoms with Gasteiger partial charge in [-0.1, -0.05) is 0 Å². The molecule has 0 aliphatic carbocycles. The zero-order valence-corrected chi connectivity index (χ0v) is 12.6. The third-order valence-corrected chi connectivity index (χ3v) is 3.10. The molecule has 0 saturated heterocycles. The molecule has 2 rings (SSSR count). The summed E-state index contributed by atoms with van der Waals surface area (Å²) in [6, 6.07) is 2.83. The lowest BCUT2D eigenvalue weighted by atomic mass is 9.97. The highest BCUT2D eigenvalue weighted by molar-refractivity contribution is 5.99. The van der Waals surface area contributed by atoms with Crippen molar-refractivity contribution in [3.63, 3.8) is 0 Å². The van der Waals surface area contributed by atoms with Gasteiger partial charge in [0.15, 0.2) is 5.69 Å². The number of pyridine rings is 2. The zero-order chi connectivity index (χ0) is 17.2. The maximum atomic E-state index is 13.3. The maximum absolute atomic E-state index is 13.3. The van der Waals surface area contributed by atoms with Crippen molar-refractivity contribution < 1.29 is 27.4 Å². The predicted molar refractivity (Wildman–Crippen MR) is 75.1 cm³/mol. The maximum Gasteiger partial charge on any atom is 0.434 e. The Kier molecular flexibility index (Phi) is 4.53. The van der Waals surface area contributed by atoms with Crippen LogP contribution >= 0.6 is 0 Å². The number of carbonyl (C=O) groups excluding carboxylic acids is 1. The van der Waals surface area contributed by atoms with E-state index < -0.39 is 23.4 Å². The fourth-order valence-electron chi connectivity index (χ4n) is 2.16. The molecule has 0 unspecified atom stereocenters. The Labute approximate surface area is 130 Å². The second-order valence-corrected chi connectivity index (χ2v) is 4.60. The largest absolute Gasteiger partial charge is 0.494 e. The van der Waals surface area contributed by atoms with Crippen molar-refractivity contribution >= 4 is 5.97 Å². The molecule has 2 aromatic rings. The number of alkyl halides is 3. The summed E-state index contributed by atoms with van der Waals surface area (Å²) in [5.41, 5.74) is -1.53. The van der Waals surface area contributed by atoms with Crippen LogP contribution in [0.4, 0.5) is 13.2 Å². The van der Waals surface area contributed by atoms with E-state index in [0.29, 0.717) is 5.56 Å². The normalized spacial score (nSPS) is 11.2. The van der Waals surface area contributed by atoms with Crippen LogP contribution in [0.15, 0.2) is 24.5 Å². The minimum atomic E-state index is -4.80. The number of methoxy groups -OCH3 is 2. The van der Waals surface area contributed by atoms with Crippen molar-refractivity contribution in [3.05, 3.63) is 41.5 Å². The highest BCUT2D eigenvalue weighted by atomic mass is 19.4. The first-order valence-electron chi connectivity index (χ1n) is 6.45. The van der Waals surface area contributed by atoms with E-state index in [1.165, 1.54) is 38.6 Å². The first-order valence-corrected chi connectivity index (χ1v) is 6.45. The van der Waals surface area contributed by atoms with Gasteiger partial charge in [0.1, 0.15) is 5.75 Å². The summed E-state index contributed by atoms with van der Waals surface area (Å²) in [7, 11) is 2.37. The second kappa shape index (κ2) is 6.23. The monoisotopic (exact) mass is 326 g/mol. The molecule has 8 heteroatoms. The van der Waals surface area contributed by atoms with E-state index in [2.05, 4.69) is 14.7 Å². The van der Waals surface area contributed by atoms with Gasteiger partial charge in [-0.3, -0.25) is 4.98 Å². The molecule has 5 nitrogen and oxygen atoms in total. The molecule has 0 saturated carbocycles. The molecule has 0 spiro atoms. The van der Waals surface area contributed by atoms with Crippen LogP contribution in [0, 0.1) is 6.92 Å². The van der Waals surface area contributed by atoms with Gasteiger partial charge in [-0.2, -0.15) is 13.2 Å². The Morgan fingerprint density at radius 2 is 1.91 bits per heavy atom. The van der Waals surface area contributed by atoms with Gasteiger partial charge in [-0.25, -0.2) is 9.78 Å². The number of esters is 1. The Morgan fingerprint density at radius 1 is 1.22 bits per heavy atom. The third-order valence-electron chi connectivity index (χ3n) is 3.10. The lowest BCUT2D eigenvalue weighted by molar-refractivity contribution is -0.141. The van der Waals surface area contributed by atoms with E-state index in [9.17, 15) is 18.0 Å². The molecule has 0 aliphatic rings. The molecule has 122 valence electrons. The molecule has 0 amide bonds. The molecule has 0 N–H and O–H groups in total. The Bertz CT molecular complexity index is 745. The van der Waals surface area contributed by atoms with Crippen LogP contribution in [0.5, 0.6) is 5.75 Å². The Hall–Kier alpha value is -2.64. The van der Waals surface area contributed by atoms with Gasteiger partial charge in [0.05, 0.1) is 26.0 Å². The summed E-state index contributed by atoms with van der Waals surface area (Å²) in [6.07, 6.45) is -2.06. The fraction of sp³-hybridized carbons (Fsp3) is 0.267. The summed E-state index contributed by atoms with van der Waals surface area (Å²) in [5, 5.41) is 0. The minimum absolute atomic E-state index is 0.0240. The number of rotatable bonds is 3. The molecular formula is C15H13F3N2O3. The van der Waals surface area contributed by atoms with E-state index in [-0.39, 0.29) is 17.0 Å². The highest BCUT2D eigenvalue weighted by Gasteiger charge is 2.39. The van der Waals surface area contributed by atoms with Gasteiger partial charge in [-0.15, -0.1) is 0 Å². The topological polar surface area (TPSA) is 61.3 Å². The number of carbonyl (C=O) groups is 1. The van der Waals surface area contributed by atoms with Gasteiger partial charge < -0.3 is 9.47 Å². The second-order valence-electron chi connectivity index (χ2n) is 4.60. The predicted octanol–water partition coefficient (Wildman–Crippen LogP) is 3.27. The molecule has 2 aromatic heterocycles. The standard InChI is InChI=1S/C15H13F3N2O3/c1-8-6-10(9-4-5-19-7-11(9)22-2)12(14(21)23-3)13(20-8)15(16,17)18/h4-7H,1-3H3. The van der Waals surface area contributed by atoms with Crippen LogP contribution in [0.3, 0.4) is 0 Å². The molecule has 2 heterocycles. The van der Waals surface area contributed by atoms with Crippen molar-refractivity contribution in [1.29, 1.82) is 0 Å². The van der Waals surface area contributed by atoms with Gasteiger partial charge in [0.2, 0.25) is 0 Å². The number of nitrogens with zero attached hydrogens (tertiary/aromatic N) is 2. The van der Waals surface area contributed by atoms with Gasteiger partial charge in [0, 0.05) is 23.0 Å². The average molecular weight is 326 g/mol. The number of aromatic nitrogens is 2. The van der Waals surface area contributed by atoms with Gasteiger partial charge >= 0.3 is 12.1 Å². The van der Waals surface area contributed by atoms with Gasteiger partial charge in [-0.05, 0) is 19.1 Å². The van der Waals surface area contributed by atoms with Crippen LogP contribution in [-0.2, 0) is 10.9 Å². The summed E-state index contributed by atoms with van der Waals surface area (Å²) >= 11 is 0. The third kappa shape index (κ3) is 3.25. The molecule has 0 radical (unpaired) electrons. The summed E-state index contributed by atoms with van der Waals surface area (Å²) < 4.78 is 49.5. The zero-order valence-electron chi connectivity index (χ0n) is 12.6. The number of halogens is 3. The Balaban J connectivity index is 2.87. The summed E-state index contributed by atoms with van der Waals surface area (Å²) in [4.78, 5) is 19.3. The number of aryl methyl sites for hydroxylation is 1. The molecule has 0 aromatic carbocycles. The molecular weight excluding hydrogens is 313 g/mol. The fourth-order valence-corrected chi connectivity index (χ4v) is 2.16. The molecule has 0 bridgehead atoms. The van der Waals surface area contributed by atoms with E-state index >= 15 is 0 Å². The minimum Gasteiger partial charge on any atom is -0.494 e. The first-order chi connectivity index (χ1) is 10.8.